The number of nitrogens with zero attached hydrogens (tertiary/aromatic N) is 1. The summed E-state index contributed by atoms with van der Waals surface area (Å²) in [5, 5.41) is 9.10. The van der Waals surface area contributed by atoms with Gasteiger partial charge in [-0.15, -0.1) is 11.8 Å². The van der Waals surface area contributed by atoms with Crippen LogP contribution in [0.25, 0.3) is 0 Å². The molecule has 1 amide bonds. The number of hydrogen-bond acceptors (Lipinski definition) is 4. The SMILES string of the molecule is O=C(O)[C@@H]1CCCN(C(=O)[C@H]2CSc3ccccc3O2)C1. The van der Waals surface area contributed by atoms with E-state index in [-0.39, 0.29) is 5.91 Å². The third kappa shape index (κ3) is 3.00. The highest BCUT2D eigenvalue weighted by molar-refractivity contribution is 7.99. The number of likely N-dealkylation sites (tertiary alicyclic amines) is 1. The quantitative estimate of drug-likeness (QED) is 0.903. The summed E-state index contributed by atoms with van der Waals surface area (Å²) in [7, 11) is 0. The van der Waals surface area contributed by atoms with Crippen molar-refractivity contribution in [3.05, 3.63) is 24.3 Å². The van der Waals surface area contributed by atoms with Crippen LogP contribution in [-0.4, -0.2) is 46.8 Å². The van der Waals surface area contributed by atoms with Gasteiger partial charge in [-0.3, -0.25) is 9.59 Å². The molecular formula is C15H17NO4S. The van der Waals surface area contributed by atoms with Crippen LogP contribution in [0, 0.1) is 5.92 Å². The molecule has 2 atom stereocenters. The van der Waals surface area contributed by atoms with Crippen LogP contribution in [-0.2, 0) is 9.59 Å². The zero-order valence-corrected chi connectivity index (χ0v) is 12.3. The van der Waals surface area contributed by atoms with E-state index in [0.29, 0.717) is 25.3 Å². The average Bonchev–Trinajstić information content (AvgIpc) is 2.53. The van der Waals surface area contributed by atoms with Crippen LogP contribution in [0.15, 0.2) is 29.2 Å². The number of carbonyl (C=O) groups is 2. The molecule has 0 spiro atoms. The van der Waals surface area contributed by atoms with E-state index in [1.165, 1.54) is 0 Å². The summed E-state index contributed by atoms with van der Waals surface area (Å²) in [4.78, 5) is 26.3. The second kappa shape index (κ2) is 5.97. The average molecular weight is 307 g/mol. The first kappa shape index (κ1) is 14.3. The third-order valence-electron chi connectivity index (χ3n) is 3.87. The number of amides is 1. The predicted molar refractivity (Wildman–Crippen MR) is 78.5 cm³/mol. The molecule has 2 heterocycles. The van der Waals surface area contributed by atoms with E-state index in [0.717, 1.165) is 17.1 Å². The fourth-order valence-corrected chi connectivity index (χ4v) is 3.70. The summed E-state index contributed by atoms with van der Waals surface area (Å²) < 4.78 is 5.78. The van der Waals surface area contributed by atoms with Gasteiger partial charge in [-0.25, -0.2) is 0 Å². The Kier molecular flexibility index (Phi) is 4.05. The van der Waals surface area contributed by atoms with E-state index in [9.17, 15) is 9.59 Å². The van der Waals surface area contributed by atoms with Crippen molar-refractivity contribution >= 4 is 23.6 Å². The number of carboxylic acids is 1. The highest BCUT2D eigenvalue weighted by atomic mass is 32.2. The number of hydrogen-bond donors (Lipinski definition) is 1. The number of thioether (sulfide) groups is 1. The lowest BCUT2D eigenvalue weighted by atomic mass is 9.98. The Morgan fingerprint density at radius 3 is 2.95 bits per heavy atom. The molecule has 2 aliphatic heterocycles. The smallest absolute Gasteiger partial charge is 0.308 e. The maximum Gasteiger partial charge on any atom is 0.308 e. The number of piperidine rings is 1. The zero-order chi connectivity index (χ0) is 14.8. The lowest BCUT2D eigenvalue weighted by Crippen LogP contribution is -2.49. The second-order valence-corrected chi connectivity index (χ2v) is 6.39. The van der Waals surface area contributed by atoms with Gasteiger partial charge < -0.3 is 14.7 Å². The highest BCUT2D eigenvalue weighted by Crippen LogP contribution is 2.35. The van der Waals surface area contributed by atoms with Gasteiger partial charge in [-0.2, -0.15) is 0 Å². The fourth-order valence-electron chi connectivity index (χ4n) is 2.72. The molecule has 0 unspecified atom stereocenters. The molecule has 5 nitrogen and oxygen atoms in total. The predicted octanol–water partition coefficient (Wildman–Crippen LogP) is 1.86. The second-order valence-electron chi connectivity index (χ2n) is 5.33. The molecule has 21 heavy (non-hydrogen) atoms. The summed E-state index contributed by atoms with van der Waals surface area (Å²) >= 11 is 1.61. The van der Waals surface area contributed by atoms with E-state index < -0.39 is 18.0 Å². The Labute approximate surface area is 127 Å². The Hall–Kier alpha value is -1.69. The van der Waals surface area contributed by atoms with Crippen molar-refractivity contribution in [3.63, 3.8) is 0 Å². The molecule has 1 fully saturated rings. The van der Waals surface area contributed by atoms with Crippen molar-refractivity contribution in [2.24, 2.45) is 5.92 Å². The molecule has 0 aliphatic carbocycles. The van der Waals surface area contributed by atoms with Crippen LogP contribution in [0.3, 0.4) is 0 Å². The van der Waals surface area contributed by atoms with Crippen molar-refractivity contribution in [2.75, 3.05) is 18.8 Å². The molecule has 0 bridgehead atoms. The molecule has 112 valence electrons. The Bertz CT molecular complexity index is 562. The van der Waals surface area contributed by atoms with E-state index in [1.807, 2.05) is 24.3 Å². The summed E-state index contributed by atoms with van der Waals surface area (Å²) in [6.45, 7) is 0.912. The monoisotopic (exact) mass is 307 g/mol. The maximum absolute atomic E-state index is 12.5. The number of carboxylic acid groups (broad SMARTS) is 1. The lowest BCUT2D eigenvalue weighted by molar-refractivity contribution is -0.147. The molecule has 1 N–H and O–H groups in total. The van der Waals surface area contributed by atoms with Crippen molar-refractivity contribution < 1.29 is 19.4 Å². The van der Waals surface area contributed by atoms with Gasteiger partial charge in [0, 0.05) is 23.7 Å². The molecule has 0 saturated carbocycles. The van der Waals surface area contributed by atoms with E-state index in [1.54, 1.807) is 16.7 Å². The molecule has 1 aromatic carbocycles. The molecular weight excluding hydrogens is 290 g/mol. The molecule has 2 aliphatic rings. The van der Waals surface area contributed by atoms with E-state index in [2.05, 4.69) is 0 Å². The van der Waals surface area contributed by atoms with Crippen LogP contribution in [0.1, 0.15) is 12.8 Å². The number of benzene rings is 1. The number of para-hydroxylation sites is 1. The van der Waals surface area contributed by atoms with Crippen molar-refractivity contribution in [1.82, 2.24) is 4.90 Å². The van der Waals surface area contributed by atoms with Gasteiger partial charge in [-0.05, 0) is 25.0 Å². The molecule has 6 heteroatoms. The lowest BCUT2D eigenvalue weighted by Gasteiger charge is -2.34. The van der Waals surface area contributed by atoms with E-state index >= 15 is 0 Å². The molecule has 3 rings (SSSR count). The highest BCUT2D eigenvalue weighted by Gasteiger charge is 2.34. The normalized spacial score (nSPS) is 24.9. The van der Waals surface area contributed by atoms with Gasteiger partial charge in [0.15, 0.2) is 6.10 Å². The zero-order valence-electron chi connectivity index (χ0n) is 11.5. The van der Waals surface area contributed by atoms with Gasteiger partial charge in [0.2, 0.25) is 0 Å². The Balaban J connectivity index is 1.67. The van der Waals surface area contributed by atoms with E-state index in [4.69, 9.17) is 9.84 Å². The summed E-state index contributed by atoms with van der Waals surface area (Å²) in [6.07, 6.45) is 0.860. The summed E-state index contributed by atoms with van der Waals surface area (Å²) in [5.41, 5.74) is 0. The minimum atomic E-state index is -0.822. The van der Waals surface area contributed by atoms with Gasteiger partial charge in [0.25, 0.3) is 5.91 Å². The summed E-state index contributed by atoms with van der Waals surface area (Å²) in [5.74, 6) is -0.0609. The Morgan fingerprint density at radius 2 is 2.14 bits per heavy atom. The number of aliphatic carboxylic acids is 1. The first-order chi connectivity index (χ1) is 10.1. The van der Waals surface area contributed by atoms with Crippen LogP contribution in [0.2, 0.25) is 0 Å². The molecule has 0 radical (unpaired) electrons. The fraction of sp³-hybridized carbons (Fsp3) is 0.467. The topological polar surface area (TPSA) is 66.8 Å². The largest absolute Gasteiger partial charge is 0.481 e. The van der Waals surface area contributed by atoms with Crippen LogP contribution >= 0.6 is 11.8 Å². The number of ether oxygens (including phenoxy) is 1. The number of carbonyl (C=O) groups excluding carboxylic acids is 1. The van der Waals surface area contributed by atoms with Crippen molar-refractivity contribution in [3.8, 4) is 5.75 Å². The first-order valence-electron chi connectivity index (χ1n) is 7.05. The maximum atomic E-state index is 12.5. The minimum absolute atomic E-state index is 0.0945. The van der Waals surface area contributed by atoms with Gasteiger partial charge in [-0.1, -0.05) is 12.1 Å². The van der Waals surface area contributed by atoms with Gasteiger partial charge in [0.1, 0.15) is 5.75 Å². The number of rotatable bonds is 2. The van der Waals surface area contributed by atoms with Gasteiger partial charge in [0.05, 0.1) is 5.92 Å². The molecule has 1 aromatic rings. The third-order valence-corrected chi connectivity index (χ3v) is 4.98. The van der Waals surface area contributed by atoms with Crippen molar-refractivity contribution in [1.29, 1.82) is 0 Å². The molecule has 1 saturated heterocycles. The minimum Gasteiger partial charge on any atom is -0.481 e. The van der Waals surface area contributed by atoms with Crippen molar-refractivity contribution in [2.45, 2.75) is 23.8 Å². The van der Waals surface area contributed by atoms with Crippen LogP contribution in [0.5, 0.6) is 5.75 Å². The van der Waals surface area contributed by atoms with Crippen LogP contribution < -0.4 is 4.74 Å². The number of fused-ring (bicyclic) bond motifs is 1. The standard InChI is InChI=1S/C15H17NO4S/c17-14(16-7-3-4-10(8-16)15(18)19)12-9-21-13-6-2-1-5-11(13)20-12/h1-2,5-6,10,12H,3-4,7-9H2,(H,18,19)/t10-,12-/m1/s1. The van der Waals surface area contributed by atoms with Crippen LogP contribution in [0.4, 0.5) is 0 Å². The molecule has 0 aromatic heterocycles. The first-order valence-corrected chi connectivity index (χ1v) is 8.04. The Morgan fingerprint density at radius 1 is 1.33 bits per heavy atom. The van der Waals surface area contributed by atoms with Gasteiger partial charge >= 0.3 is 5.97 Å². The summed E-state index contributed by atoms with van der Waals surface area (Å²) in [6, 6.07) is 7.66.